The monoisotopic (exact) mass is 298 g/mol. The van der Waals surface area contributed by atoms with Gasteiger partial charge < -0.3 is 0 Å². The molecular weight excluding hydrogens is 275 g/mol. The lowest BCUT2D eigenvalue weighted by Gasteiger charge is -2.25. The van der Waals surface area contributed by atoms with Crippen molar-refractivity contribution in [2.45, 2.75) is 50.9 Å². The summed E-state index contributed by atoms with van der Waals surface area (Å²) in [4.78, 5) is 0. The molecule has 0 aliphatic heterocycles. The van der Waals surface area contributed by atoms with Crippen LogP contribution < -0.4 is 5.46 Å². The lowest BCUT2D eigenvalue weighted by atomic mass is 9.77. The standard InChI is InChI=1S/C22H23B/c23-22-19-14-8-6-12-17(19)21(18-13-7-9-15-20(18)22)16-10-4-2-1-3-5-11-16/h6-9,12-16H,1-5,10-11H2. The number of hydrogen-bond acceptors (Lipinski definition) is 0. The highest BCUT2D eigenvalue weighted by molar-refractivity contribution is 6.45. The fraction of sp³-hybridized carbons (Fsp3) is 0.364. The van der Waals surface area contributed by atoms with Crippen LogP contribution in [0.25, 0.3) is 21.5 Å². The van der Waals surface area contributed by atoms with Crippen LogP contribution in [0, 0.1) is 0 Å². The third-order valence-corrected chi connectivity index (χ3v) is 5.53. The van der Waals surface area contributed by atoms with Crippen molar-refractivity contribution in [1.82, 2.24) is 0 Å². The Morgan fingerprint density at radius 1 is 0.609 bits per heavy atom. The summed E-state index contributed by atoms with van der Waals surface area (Å²) in [5.41, 5.74) is 2.48. The molecule has 0 N–H and O–H groups in total. The Bertz CT molecular complexity index is 769. The van der Waals surface area contributed by atoms with Crippen molar-refractivity contribution in [3.8, 4) is 0 Å². The Morgan fingerprint density at radius 3 is 1.57 bits per heavy atom. The molecule has 2 radical (unpaired) electrons. The minimum Gasteiger partial charge on any atom is -0.0813 e. The third-order valence-electron chi connectivity index (χ3n) is 5.53. The van der Waals surface area contributed by atoms with Crippen LogP contribution in [-0.2, 0) is 0 Å². The van der Waals surface area contributed by atoms with Crippen molar-refractivity contribution < 1.29 is 0 Å². The Balaban J connectivity index is 1.99. The summed E-state index contributed by atoms with van der Waals surface area (Å²) >= 11 is 0. The molecule has 3 aromatic carbocycles. The van der Waals surface area contributed by atoms with Crippen LogP contribution >= 0.6 is 0 Å². The molecule has 0 unspecified atom stereocenters. The van der Waals surface area contributed by atoms with Crippen LogP contribution in [0.1, 0.15) is 56.4 Å². The average molecular weight is 298 g/mol. The lowest BCUT2D eigenvalue weighted by Crippen LogP contribution is -2.11. The van der Waals surface area contributed by atoms with Crippen LogP contribution in [0.2, 0.25) is 0 Å². The van der Waals surface area contributed by atoms with Gasteiger partial charge in [0.05, 0.1) is 0 Å². The summed E-state index contributed by atoms with van der Waals surface area (Å²) in [7, 11) is 6.51. The van der Waals surface area contributed by atoms with E-state index in [1.807, 2.05) is 0 Å². The predicted octanol–water partition coefficient (Wildman–Crippen LogP) is 5.61. The van der Waals surface area contributed by atoms with E-state index in [4.69, 9.17) is 7.85 Å². The maximum Gasteiger partial charge on any atom is 0.115 e. The van der Waals surface area contributed by atoms with Gasteiger partial charge in [-0.2, -0.15) is 0 Å². The summed E-state index contributed by atoms with van der Waals surface area (Å²) in [6.45, 7) is 0. The molecule has 114 valence electrons. The first-order chi connectivity index (χ1) is 11.4. The van der Waals surface area contributed by atoms with E-state index in [9.17, 15) is 0 Å². The molecule has 1 heteroatoms. The normalized spacial score (nSPS) is 17.2. The van der Waals surface area contributed by atoms with E-state index < -0.39 is 0 Å². The van der Waals surface area contributed by atoms with E-state index in [0.29, 0.717) is 5.92 Å². The van der Waals surface area contributed by atoms with Gasteiger partial charge in [-0.05, 0) is 45.9 Å². The quantitative estimate of drug-likeness (QED) is 0.404. The number of rotatable bonds is 1. The molecule has 4 rings (SSSR count). The van der Waals surface area contributed by atoms with Gasteiger partial charge in [0.1, 0.15) is 7.85 Å². The molecule has 0 nitrogen and oxygen atoms in total. The van der Waals surface area contributed by atoms with Crippen molar-refractivity contribution in [3.05, 3.63) is 54.1 Å². The molecule has 0 saturated heterocycles. The second-order valence-electron chi connectivity index (χ2n) is 6.96. The molecule has 1 saturated carbocycles. The molecule has 0 atom stereocenters. The molecule has 1 fully saturated rings. The van der Waals surface area contributed by atoms with Crippen molar-refractivity contribution in [2.24, 2.45) is 0 Å². The summed E-state index contributed by atoms with van der Waals surface area (Å²) in [6, 6.07) is 17.4. The third kappa shape index (κ3) is 2.67. The zero-order chi connectivity index (χ0) is 15.6. The predicted molar refractivity (Wildman–Crippen MR) is 102 cm³/mol. The van der Waals surface area contributed by atoms with Crippen LogP contribution in [0.3, 0.4) is 0 Å². The van der Waals surface area contributed by atoms with Crippen molar-refractivity contribution in [3.63, 3.8) is 0 Å². The van der Waals surface area contributed by atoms with Crippen LogP contribution in [0.5, 0.6) is 0 Å². The average Bonchev–Trinajstić information content (AvgIpc) is 2.57. The van der Waals surface area contributed by atoms with Gasteiger partial charge in [0.15, 0.2) is 0 Å². The van der Waals surface area contributed by atoms with E-state index in [2.05, 4.69) is 48.5 Å². The summed E-state index contributed by atoms with van der Waals surface area (Å²) in [5.74, 6) is 0.672. The highest BCUT2D eigenvalue weighted by atomic mass is 14.2. The summed E-state index contributed by atoms with van der Waals surface area (Å²) in [5, 5.41) is 5.19. The molecule has 3 aromatic rings. The molecule has 1 aliphatic rings. The Morgan fingerprint density at radius 2 is 1.04 bits per heavy atom. The van der Waals surface area contributed by atoms with Crippen LogP contribution in [0.4, 0.5) is 0 Å². The van der Waals surface area contributed by atoms with Crippen LogP contribution in [0.15, 0.2) is 48.5 Å². The molecule has 23 heavy (non-hydrogen) atoms. The highest BCUT2D eigenvalue weighted by Crippen LogP contribution is 2.38. The van der Waals surface area contributed by atoms with E-state index in [1.54, 1.807) is 5.56 Å². The fourth-order valence-electron chi connectivity index (χ4n) is 4.38. The fourth-order valence-corrected chi connectivity index (χ4v) is 4.38. The molecule has 0 amide bonds. The number of benzene rings is 3. The van der Waals surface area contributed by atoms with Crippen molar-refractivity contribution >= 4 is 34.9 Å². The Labute approximate surface area is 140 Å². The van der Waals surface area contributed by atoms with E-state index in [0.717, 1.165) is 5.46 Å². The maximum absolute atomic E-state index is 6.51. The van der Waals surface area contributed by atoms with E-state index in [1.165, 1.54) is 66.5 Å². The smallest absolute Gasteiger partial charge is 0.0813 e. The van der Waals surface area contributed by atoms with Gasteiger partial charge in [-0.3, -0.25) is 0 Å². The van der Waals surface area contributed by atoms with Gasteiger partial charge in [0.25, 0.3) is 0 Å². The van der Waals surface area contributed by atoms with Crippen LogP contribution in [-0.4, -0.2) is 7.85 Å². The van der Waals surface area contributed by atoms with Gasteiger partial charge in [0, 0.05) is 0 Å². The maximum atomic E-state index is 6.51. The minimum absolute atomic E-state index is 0.672. The van der Waals surface area contributed by atoms with E-state index >= 15 is 0 Å². The summed E-state index contributed by atoms with van der Waals surface area (Å²) < 4.78 is 0. The first-order valence-electron chi connectivity index (χ1n) is 9.05. The van der Waals surface area contributed by atoms with Gasteiger partial charge in [0.2, 0.25) is 0 Å². The molecule has 0 bridgehead atoms. The number of fused-ring (bicyclic) bond motifs is 2. The van der Waals surface area contributed by atoms with Crippen molar-refractivity contribution in [2.75, 3.05) is 0 Å². The molecule has 1 aliphatic carbocycles. The largest absolute Gasteiger partial charge is 0.115 e. The Kier molecular flexibility index (Phi) is 4.12. The SMILES string of the molecule is [B]c1c2ccccc2c(C2CCCCCCC2)c2ccccc12. The zero-order valence-electron chi connectivity index (χ0n) is 13.7. The minimum atomic E-state index is 0.672. The lowest BCUT2D eigenvalue weighted by molar-refractivity contribution is 0.459. The first kappa shape index (κ1) is 14.8. The molecule has 0 heterocycles. The van der Waals surface area contributed by atoms with E-state index in [-0.39, 0.29) is 0 Å². The topological polar surface area (TPSA) is 0 Å². The molecule has 0 aromatic heterocycles. The number of hydrogen-bond donors (Lipinski definition) is 0. The second kappa shape index (κ2) is 6.39. The molecule has 0 spiro atoms. The van der Waals surface area contributed by atoms with Gasteiger partial charge in [-0.15, -0.1) is 0 Å². The summed E-state index contributed by atoms with van der Waals surface area (Å²) in [6.07, 6.45) is 9.55. The second-order valence-corrected chi connectivity index (χ2v) is 6.96. The first-order valence-corrected chi connectivity index (χ1v) is 9.05. The molecular formula is C22H23B. The van der Waals surface area contributed by atoms with Gasteiger partial charge in [-0.1, -0.05) is 86.1 Å². The van der Waals surface area contributed by atoms with Crippen molar-refractivity contribution in [1.29, 1.82) is 0 Å². The van der Waals surface area contributed by atoms with Gasteiger partial charge >= 0.3 is 0 Å². The van der Waals surface area contributed by atoms with Gasteiger partial charge in [-0.25, -0.2) is 0 Å². The zero-order valence-corrected chi connectivity index (χ0v) is 13.7. The Hall–Kier alpha value is -1.76. The highest BCUT2D eigenvalue weighted by Gasteiger charge is 2.19.